The summed E-state index contributed by atoms with van der Waals surface area (Å²) in [6.07, 6.45) is 0.257. The number of H-pyrrole nitrogens is 1. The molecule has 1 heterocycles. The maximum Gasteiger partial charge on any atom is 0.256 e. The molecule has 2 rings (SSSR count). The summed E-state index contributed by atoms with van der Waals surface area (Å²) in [5.41, 5.74) is 7.03. The molecule has 0 bridgehead atoms. The van der Waals surface area contributed by atoms with E-state index >= 15 is 0 Å². The van der Waals surface area contributed by atoms with E-state index in [-0.39, 0.29) is 24.5 Å². The van der Waals surface area contributed by atoms with Crippen LogP contribution < -0.4 is 11.3 Å². The average molecular weight is 231 g/mol. The minimum absolute atomic E-state index is 0.0792. The maximum atomic E-state index is 11.7. The lowest BCUT2D eigenvalue weighted by Crippen LogP contribution is -2.19. The van der Waals surface area contributed by atoms with E-state index in [4.69, 9.17) is 10.8 Å². The summed E-state index contributed by atoms with van der Waals surface area (Å²) in [4.78, 5) is 18.3. The molecule has 0 spiro atoms. The summed E-state index contributed by atoms with van der Waals surface area (Å²) in [6.45, 7) is -0.103. The van der Waals surface area contributed by atoms with Gasteiger partial charge in [-0.25, -0.2) is 4.98 Å². The van der Waals surface area contributed by atoms with Gasteiger partial charge in [0.2, 0.25) is 5.95 Å². The number of aliphatic hydroxyl groups excluding tert-OH is 1. The minimum Gasteiger partial charge on any atom is -0.396 e. The number of aromatic amines is 1. The van der Waals surface area contributed by atoms with Gasteiger partial charge < -0.3 is 10.8 Å². The highest BCUT2D eigenvalue weighted by Crippen LogP contribution is 2.19. The smallest absolute Gasteiger partial charge is 0.256 e. The van der Waals surface area contributed by atoms with Crippen LogP contribution >= 0.6 is 0 Å². The lowest BCUT2D eigenvalue weighted by Gasteiger charge is -2.07. The zero-order chi connectivity index (χ0) is 12.3. The standard InChI is InChI=1S/C12H13N3O2/c13-12-14-10(8-4-2-1-3-5-8)9(6-7-16)11(17)15-12/h1-5,16H,6-7H2,(H3,13,14,15,17). The van der Waals surface area contributed by atoms with Gasteiger partial charge in [0, 0.05) is 24.2 Å². The molecule has 0 saturated heterocycles. The van der Waals surface area contributed by atoms with Gasteiger partial charge in [0.15, 0.2) is 0 Å². The van der Waals surface area contributed by atoms with Gasteiger partial charge in [-0.1, -0.05) is 30.3 Å². The Labute approximate surface area is 98.0 Å². The number of anilines is 1. The van der Waals surface area contributed by atoms with Crippen LogP contribution in [-0.2, 0) is 6.42 Å². The van der Waals surface area contributed by atoms with Gasteiger partial charge in [-0.05, 0) is 0 Å². The molecular weight excluding hydrogens is 218 g/mol. The van der Waals surface area contributed by atoms with Gasteiger partial charge in [0.1, 0.15) is 0 Å². The second kappa shape index (κ2) is 4.80. The highest BCUT2D eigenvalue weighted by molar-refractivity contribution is 5.63. The molecule has 0 saturated carbocycles. The third-order valence-electron chi connectivity index (χ3n) is 2.44. The Hall–Kier alpha value is -2.14. The predicted octanol–water partition coefficient (Wildman–Crippen LogP) is 0.554. The number of rotatable bonds is 3. The van der Waals surface area contributed by atoms with Crippen LogP contribution in [0.4, 0.5) is 5.95 Å². The van der Waals surface area contributed by atoms with Crippen LogP contribution in [0.25, 0.3) is 11.3 Å². The molecule has 5 nitrogen and oxygen atoms in total. The van der Waals surface area contributed by atoms with Crippen molar-refractivity contribution in [2.24, 2.45) is 0 Å². The van der Waals surface area contributed by atoms with E-state index in [1.807, 2.05) is 30.3 Å². The fourth-order valence-corrected chi connectivity index (χ4v) is 1.69. The van der Waals surface area contributed by atoms with Crippen LogP contribution in [0.1, 0.15) is 5.56 Å². The van der Waals surface area contributed by atoms with Gasteiger partial charge in [0.25, 0.3) is 5.56 Å². The Morgan fingerprint density at radius 2 is 2.00 bits per heavy atom. The van der Waals surface area contributed by atoms with Gasteiger partial charge in [-0.2, -0.15) is 0 Å². The number of hydrogen-bond acceptors (Lipinski definition) is 4. The molecular formula is C12H13N3O2. The second-order valence-electron chi connectivity index (χ2n) is 3.62. The molecule has 0 fully saturated rings. The van der Waals surface area contributed by atoms with Crippen LogP contribution in [0.15, 0.2) is 35.1 Å². The first kappa shape index (κ1) is 11.3. The van der Waals surface area contributed by atoms with Gasteiger partial charge >= 0.3 is 0 Å². The fourth-order valence-electron chi connectivity index (χ4n) is 1.69. The number of nitrogen functional groups attached to an aromatic ring is 1. The summed E-state index contributed by atoms with van der Waals surface area (Å²) in [6, 6.07) is 9.30. The molecule has 0 radical (unpaired) electrons. The van der Waals surface area contributed by atoms with Crippen LogP contribution in [0, 0.1) is 0 Å². The van der Waals surface area contributed by atoms with Crippen molar-refractivity contribution in [1.82, 2.24) is 9.97 Å². The van der Waals surface area contributed by atoms with Crippen molar-refractivity contribution in [3.8, 4) is 11.3 Å². The summed E-state index contributed by atoms with van der Waals surface area (Å²) >= 11 is 0. The van der Waals surface area contributed by atoms with Crippen LogP contribution in [0.3, 0.4) is 0 Å². The normalized spacial score (nSPS) is 10.4. The zero-order valence-corrected chi connectivity index (χ0v) is 9.18. The lowest BCUT2D eigenvalue weighted by atomic mass is 10.1. The summed E-state index contributed by atoms with van der Waals surface area (Å²) in [5.74, 6) is 0.0792. The minimum atomic E-state index is -0.301. The first-order chi connectivity index (χ1) is 8.22. The Bertz CT molecular complexity index is 564. The third-order valence-corrected chi connectivity index (χ3v) is 2.44. The number of aliphatic hydroxyl groups is 1. The van der Waals surface area contributed by atoms with Crippen molar-refractivity contribution in [1.29, 1.82) is 0 Å². The topological polar surface area (TPSA) is 92.0 Å². The molecule has 17 heavy (non-hydrogen) atoms. The Morgan fingerprint density at radius 3 is 2.65 bits per heavy atom. The predicted molar refractivity (Wildman–Crippen MR) is 65.5 cm³/mol. The van der Waals surface area contributed by atoms with Crippen molar-refractivity contribution >= 4 is 5.95 Å². The first-order valence-electron chi connectivity index (χ1n) is 5.27. The van der Waals surface area contributed by atoms with E-state index in [0.29, 0.717) is 11.3 Å². The van der Waals surface area contributed by atoms with E-state index in [1.54, 1.807) is 0 Å². The number of nitrogens with one attached hydrogen (secondary N) is 1. The van der Waals surface area contributed by atoms with Gasteiger partial charge in [-0.15, -0.1) is 0 Å². The van der Waals surface area contributed by atoms with Crippen molar-refractivity contribution in [3.63, 3.8) is 0 Å². The van der Waals surface area contributed by atoms with E-state index < -0.39 is 0 Å². The second-order valence-corrected chi connectivity index (χ2v) is 3.62. The maximum absolute atomic E-state index is 11.7. The Balaban J connectivity index is 2.63. The molecule has 1 aromatic heterocycles. The van der Waals surface area contributed by atoms with Crippen molar-refractivity contribution in [2.45, 2.75) is 6.42 Å². The highest BCUT2D eigenvalue weighted by atomic mass is 16.3. The van der Waals surface area contributed by atoms with Crippen molar-refractivity contribution < 1.29 is 5.11 Å². The number of benzene rings is 1. The lowest BCUT2D eigenvalue weighted by molar-refractivity contribution is 0.299. The first-order valence-corrected chi connectivity index (χ1v) is 5.27. The van der Waals surface area contributed by atoms with E-state index in [9.17, 15) is 4.79 Å². The average Bonchev–Trinajstić information content (AvgIpc) is 2.33. The summed E-state index contributed by atoms with van der Waals surface area (Å²) in [7, 11) is 0. The Morgan fingerprint density at radius 1 is 1.29 bits per heavy atom. The highest BCUT2D eigenvalue weighted by Gasteiger charge is 2.11. The number of nitrogens with two attached hydrogens (primary N) is 1. The molecule has 88 valence electrons. The SMILES string of the molecule is Nc1nc(-c2ccccc2)c(CCO)c(=O)[nH]1. The molecule has 0 atom stereocenters. The number of aromatic nitrogens is 2. The quantitative estimate of drug-likeness (QED) is 0.719. The largest absolute Gasteiger partial charge is 0.396 e. The molecule has 0 amide bonds. The molecule has 0 unspecified atom stereocenters. The van der Waals surface area contributed by atoms with Gasteiger partial charge in [0.05, 0.1) is 5.69 Å². The van der Waals surface area contributed by atoms with Gasteiger partial charge in [-0.3, -0.25) is 9.78 Å². The van der Waals surface area contributed by atoms with Crippen molar-refractivity contribution in [2.75, 3.05) is 12.3 Å². The molecule has 1 aromatic carbocycles. The molecule has 0 aliphatic carbocycles. The summed E-state index contributed by atoms with van der Waals surface area (Å²) in [5, 5.41) is 8.97. The molecule has 4 N–H and O–H groups in total. The molecule has 5 heteroatoms. The summed E-state index contributed by atoms with van der Waals surface area (Å²) < 4.78 is 0. The van der Waals surface area contributed by atoms with E-state index in [2.05, 4.69) is 9.97 Å². The van der Waals surface area contributed by atoms with Crippen LogP contribution in [0.5, 0.6) is 0 Å². The van der Waals surface area contributed by atoms with Crippen LogP contribution in [-0.4, -0.2) is 21.7 Å². The number of nitrogens with zero attached hydrogens (tertiary/aromatic N) is 1. The zero-order valence-electron chi connectivity index (χ0n) is 9.18. The monoisotopic (exact) mass is 231 g/mol. The molecule has 2 aromatic rings. The third kappa shape index (κ3) is 2.34. The fraction of sp³-hybridized carbons (Fsp3) is 0.167. The van der Waals surface area contributed by atoms with E-state index in [0.717, 1.165) is 5.56 Å². The van der Waals surface area contributed by atoms with Crippen LogP contribution in [0.2, 0.25) is 0 Å². The number of hydrogen-bond donors (Lipinski definition) is 3. The Kier molecular flexibility index (Phi) is 3.20. The molecule has 0 aliphatic rings. The van der Waals surface area contributed by atoms with E-state index in [1.165, 1.54) is 0 Å². The molecule has 0 aliphatic heterocycles. The van der Waals surface area contributed by atoms with Crippen molar-refractivity contribution in [3.05, 3.63) is 46.2 Å².